The lowest BCUT2D eigenvalue weighted by molar-refractivity contribution is 0.0558. The van der Waals surface area contributed by atoms with Crippen LogP contribution in [0, 0.1) is 10.8 Å². The van der Waals surface area contributed by atoms with Gasteiger partial charge in [0.1, 0.15) is 0 Å². The molecule has 1 saturated carbocycles. The predicted octanol–water partition coefficient (Wildman–Crippen LogP) is 4.45. The Kier molecular flexibility index (Phi) is 2.44. The lowest BCUT2D eigenvalue weighted by atomic mass is 9.51. The van der Waals surface area contributed by atoms with Crippen molar-refractivity contribution < 1.29 is 4.74 Å². The molecule has 3 rings (SSSR count). The first-order valence-corrected chi connectivity index (χ1v) is 7.73. The largest absolute Gasteiger partial charge is 0.366 e. The molecule has 1 saturated heterocycles. The number of rotatable bonds is 0. The van der Waals surface area contributed by atoms with E-state index in [0.29, 0.717) is 21.8 Å². The minimum Gasteiger partial charge on any atom is -0.366 e. The van der Waals surface area contributed by atoms with Crippen molar-refractivity contribution in [2.45, 2.75) is 69.9 Å². The molecule has 3 aliphatic rings. The zero-order valence-electron chi connectivity index (χ0n) is 11.3. The standard InChI is InChI=1S/C15H23BrO/c1-10-5-6-11(16)13(2,3)15(10)8-7-14(4)12(9-15)17-14/h5,11-12H,6-9H2,1-4H3. The molecule has 4 atom stereocenters. The topological polar surface area (TPSA) is 12.5 Å². The third kappa shape index (κ3) is 1.46. The number of fused-ring (bicyclic) bond motifs is 1. The van der Waals surface area contributed by atoms with E-state index in [9.17, 15) is 0 Å². The molecule has 2 aliphatic carbocycles. The first-order valence-electron chi connectivity index (χ1n) is 6.81. The fraction of sp³-hybridized carbons (Fsp3) is 0.867. The number of alkyl halides is 1. The van der Waals surface area contributed by atoms with E-state index in [-0.39, 0.29) is 5.60 Å². The Bertz CT molecular complexity index is 386. The zero-order valence-corrected chi connectivity index (χ0v) is 12.9. The van der Waals surface area contributed by atoms with Crippen molar-refractivity contribution in [1.29, 1.82) is 0 Å². The number of hydrogen-bond acceptors (Lipinski definition) is 1. The van der Waals surface area contributed by atoms with Gasteiger partial charge >= 0.3 is 0 Å². The first kappa shape index (κ1) is 12.2. The molecule has 0 amide bonds. The van der Waals surface area contributed by atoms with Gasteiger partial charge in [0, 0.05) is 4.83 Å². The number of ether oxygens (including phenoxy) is 1. The van der Waals surface area contributed by atoms with Gasteiger partial charge in [-0.3, -0.25) is 0 Å². The van der Waals surface area contributed by atoms with Gasteiger partial charge in [0.15, 0.2) is 0 Å². The van der Waals surface area contributed by atoms with Crippen LogP contribution in [-0.2, 0) is 4.74 Å². The molecule has 0 aromatic rings. The van der Waals surface area contributed by atoms with E-state index < -0.39 is 0 Å². The molecule has 1 spiro atoms. The molecule has 0 radical (unpaired) electrons. The van der Waals surface area contributed by atoms with Gasteiger partial charge < -0.3 is 4.74 Å². The summed E-state index contributed by atoms with van der Waals surface area (Å²) in [4.78, 5) is 0.599. The van der Waals surface area contributed by atoms with Crippen LogP contribution < -0.4 is 0 Å². The Morgan fingerprint density at radius 3 is 2.65 bits per heavy atom. The Morgan fingerprint density at radius 2 is 2.00 bits per heavy atom. The van der Waals surface area contributed by atoms with Crippen LogP contribution in [-0.4, -0.2) is 16.5 Å². The molecule has 1 aliphatic heterocycles. The smallest absolute Gasteiger partial charge is 0.0921 e. The first-order chi connectivity index (χ1) is 7.82. The van der Waals surface area contributed by atoms with Crippen LogP contribution in [0.5, 0.6) is 0 Å². The van der Waals surface area contributed by atoms with E-state index in [2.05, 4.69) is 49.7 Å². The van der Waals surface area contributed by atoms with Crippen LogP contribution in [0.15, 0.2) is 11.6 Å². The highest BCUT2D eigenvalue weighted by Crippen LogP contribution is 2.65. The fourth-order valence-electron chi connectivity index (χ4n) is 4.17. The molecule has 0 aromatic heterocycles. The van der Waals surface area contributed by atoms with E-state index in [0.717, 1.165) is 0 Å². The molecule has 1 nitrogen and oxygen atoms in total. The third-order valence-electron chi connectivity index (χ3n) is 6.02. The molecule has 2 fully saturated rings. The normalized spacial score (nSPS) is 51.9. The average Bonchev–Trinajstić information content (AvgIpc) is 2.93. The summed E-state index contributed by atoms with van der Waals surface area (Å²) in [6.45, 7) is 9.50. The van der Waals surface area contributed by atoms with Gasteiger partial charge in [0.2, 0.25) is 0 Å². The summed E-state index contributed by atoms with van der Waals surface area (Å²) >= 11 is 3.91. The molecule has 1 heterocycles. The number of hydrogen-bond donors (Lipinski definition) is 0. The van der Waals surface area contributed by atoms with Crippen molar-refractivity contribution in [3.8, 4) is 0 Å². The molecular formula is C15H23BrO. The van der Waals surface area contributed by atoms with Crippen LogP contribution >= 0.6 is 15.9 Å². The Balaban J connectivity index is 1.99. The number of allylic oxidation sites excluding steroid dienone is 2. The van der Waals surface area contributed by atoms with Gasteiger partial charge in [-0.15, -0.1) is 0 Å². The summed E-state index contributed by atoms with van der Waals surface area (Å²) in [7, 11) is 0. The van der Waals surface area contributed by atoms with Gasteiger partial charge in [0.05, 0.1) is 11.7 Å². The number of epoxide rings is 1. The van der Waals surface area contributed by atoms with Gasteiger partial charge in [-0.05, 0) is 50.4 Å². The van der Waals surface area contributed by atoms with E-state index in [1.165, 1.54) is 25.7 Å². The third-order valence-corrected chi connectivity index (χ3v) is 7.54. The van der Waals surface area contributed by atoms with Crippen LogP contribution in [0.3, 0.4) is 0 Å². The second-order valence-electron chi connectivity index (χ2n) is 7.02. The van der Waals surface area contributed by atoms with Gasteiger partial charge in [0.25, 0.3) is 0 Å². The molecule has 2 heteroatoms. The summed E-state index contributed by atoms with van der Waals surface area (Å²) in [5.74, 6) is 0. The van der Waals surface area contributed by atoms with Crippen LogP contribution in [0.1, 0.15) is 53.4 Å². The Hall–Kier alpha value is 0.180. The fourth-order valence-corrected chi connectivity index (χ4v) is 4.80. The van der Waals surface area contributed by atoms with Gasteiger partial charge in [-0.2, -0.15) is 0 Å². The minimum atomic E-state index is 0.223. The monoisotopic (exact) mass is 298 g/mol. The second-order valence-corrected chi connectivity index (χ2v) is 8.12. The van der Waals surface area contributed by atoms with E-state index in [1.54, 1.807) is 5.57 Å². The van der Waals surface area contributed by atoms with Crippen molar-refractivity contribution in [1.82, 2.24) is 0 Å². The highest BCUT2D eigenvalue weighted by atomic mass is 79.9. The summed E-state index contributed by atoms with van der Waals surface area (Å²) in [5, 5.41) is 0. The molecule has 4 unspecified atom stereocenters. The zero-order chi connectivity index (χ0) is 12.5. The maximum Gasteiger partial charge on any atom is 0.0921 e. The summed E-state index contributed by atoms with van der Waals surface area (Å²) in [5.41, 5.74) is 2.52. The van der Waals surface area contributed by atoms with Crippen LogP contribution in [0.4, 0.5) is 0 Å². The Morgan fingerprint density at radius 1 is 1.29 bits per heavy atom. The van der Waals surface area contributed by atoms with E-state index in [4.69, 9.17) is 4.74 Å². The Labute approximate surface area is 113 Å². The molecule has 0 N–H and O–H groups in total. The summed E-state index contributed by atoms with van der Waals surface area (Å²) < 4.78 is 5.93. The molecule has 0 bridgehead atoms. The quantitative estimate of drug-likeness (QED) is 0.366. The lowest BCUT2D eigenvalue weighted by Gasteiger charge is -2.55. The second kappa shape index (κ2) is 3.39. The van der Waals surface area contributed by atoms with E-state index in [1.807, 2.05) is 0 Å². The van der Waals surface area contributed by atoms with Crippen molar-refractivity contribution in [3.63, 3.8) is 0 Å². The SMILES string of the molecule is CC1=CCC(Br)C(C)(C)C12CCC1(C)OC1C2. The average molecular weight is 299 g/mol. The van der Waals surface area contributed by atoms with Crippen molar-refractivity contribution in [3.05, 3.63) is 11.6 Å². The van der Waals surface area contributed by atoms with Crippen molar-refractivity contribution >= 4 is 15.9 Å². The van der Waals surface area contributed by atoms with E-state index >= 15 is 0 Å². The molecular weight excluding hydrogens is 276 g/mol. The van der Waals surface area contributed by atoms with Crippen LogP contribution in [0.25, 0.3) is 0 Å². The molecule has 17 heavy (non-hydrogen) atoms. The molecule has 0 aromatic carbocycles. The van der Waals surface area contributed by atoms with Gasteiger partial charge in [-0.1, -0.05) is 41.4 Å². The van der Waals surface area contributed by atoms with Crippen molar-refractivity contribution in [2.75, 3.05) is 0 Å². The lowest BCUT2D eigenvalue weighted by Crippen LogP contribution is -2.50. The van der Waals surface area contributed by atoms with Gasteiger partial charge in [-0.25, -0.2) is 0 Å². The number of halogens is 1. The molecule has 96 valence electrons. The van der Waals surface area contributed by atoms with Crippen molar-refractivity contribution in [2.24, 2.45) is 10.8 Å². The summed E-state index contributed by atoms with van der Waals surface area (Å²) in [6, 6.07) is 0. The predicted molar refractivity (Wildman–Crippen MR) is 74.4 cm³/mol. The minimum absolute atomic E-state index is 0.223. The summed E-state index contributed by atoms with van der Waals surface area (Å²) in [6.07, 6.45) is 7.88. The highest BCUT2D eigenvalue weighted by Gasteiger charge is 2.64. The maximum absolute atomic E-state index is 5.93. The maximum atomic E-state index is 5.93. The highest BCUT2D eigenvalue weighted by molar-refractivity contribution is 9.09. The van der Waals surface area contributed by atoms with Crippen LogP contribution in [0.2, 0.25) is 0 Å².